The summed E-state index contributed by atoms with van der Waals surface area (Å²) in [6, 6.07) is 1.93. The van der Waals surface area contributed by atoms with Crippen molar-refractivity contribution >= 4 is 23.3 Å². The molecule has 0 radical (unpaired) electrons. The van der Waals surface area contributed by atoms with Gasteiger partial charge in [-0.3, -0.25) is 4.79 Å². The van der Waals surface area contributed by atoms with Crippen LogP contribution in [0.3, 0.4) is 0 Å². The fraction of sp³-hybridized carbons (Fsp3) is 0.538. The third kappa shape index (κ3) is 4.24. The van der Waals surface area contributed by atoms with Gasteiger partial charge in [-0.2, -0.15) is 11.3 Å². The molecule has 2 amide bonds. The molecule has 2 N–H and O–H groups in total. The molecule has 1 aliphatic rings. The zero-order chi connectivity index (χ0) is 13.7. The SMILES string of the molecule is O=C(O)CC1CCN(C(=O)NCc2ccsc2)CC1. The third-order valence-electron chi connectivity index (χ3n) is 3.39. The predicted octanol–water partition coefficient (Wildman–Crippen LogP) is 2.14. The van der Waals surface area contributed by atoms with E-state index < -0.39 is 5.97 Å². The number of thiophene rings is 1. The van der Waals surface area contributed by atoms with E-state index in [9.17, 15) is 9.59 Å². The summed E-state index contributed by atoms with van der Waals surface area (Å²) in [5.41, 5.74) is 1.11. The van der Waals surface area contributed by atoms with Gasteiger partial charge in [0.15, 0.2) is 0 Å². The third-order valence-corrected chi connectivity index (χ3v) is 4.12. The first-order valence-corrected chi connectivity index (χ1v) is 7.35. The lowest BCUT2D eigenvalue weighted by molar-refractivity contribution is -0.138. The highest BCUT2D eigenvalue weighted by Crippen LogP contribution is 2.20. The monoisotopic (exact) mass is 282 g/mol. The molecule has 2 rings (SSSR count). The lowest BCUT2D eigenvalue weighted by atomic mass is 9.94. The van der Waals surface area contributed by atoms with Crippen molar-refractivity contribution in [3.8, 4) is 0 Å². The Kier molecular flexibility index (Phi) is 4.79. The fourth-order valence-electron chi connectivity index (χ4n) is 2.27. The number of nitrogens with zero attached hydrogens (tertiary/aromatic N) is 1. The second kappa shape index (κ2) is 6.56. The summed E-state index contributed by atoms with van der Waals surface area (Å²) < 4.78 is 0. The second-order valence-corrected chi connectivity index (χ2v) is 5.60. The zero-order valence-corrected chi connectivity index (χ0v) is 11.5. The Morgan fingerprint density at radius 3 is 2.74 bits per heavy atom. The van der Waals surface area contributed by atoms with Crippen molar-refractivity contribution in [1.29, 1.82) is 0 Å². The fourth-order valence-corrected chi connectivity index (χ4v) is 2.94. The van der Waals surface area contributed by atoms with Gasteiger partial charge in [-0.25, -0.2) is 4.79 Å². The van der Waals surface area contributed by atoms with Crippen molar-refractivity contribution in [3.05, 3.63) is 22.4 Å². The molecule has 0 unspecified atom stereocenters. The van der Waals surface area contributed by atoms with Gasteiger partial charge in [-0.15, -0.1) is 0 Å². The minimum atomic E-state index is -0.750. The van der Waals surface area contributed by atoms with Gasteiger partial charge < -0.3 is 15.3 Å². The van der Waals surface area contributed by atoms with Crippen LogP contribution in [0.5, 0.6) is 0 Å². The van der Waals surface area contributed by atoms with E-state index in [0.717, 1.165) is 18.4 Å². The number of urea groups is 1. The number of rotatable bonds is 4. The van der Waals surface area contributed by atoms with Crippen LogP contribution in [0.15, 0.2) is 16.8 Å². The van der Waals surface area contributed by atoms with E-state index in [1.807, 2.05) is 16.8 Å². The first-order chi connectivity index (χ1) is 9.15. The number of hydrogen-bond donors (Lipinski definition) is 2. The highest BCUT2D eigenvalue weighted by molar-refractivity contribution is 7.07. The first-order valence-electron chi connectivity index (χ1n) is 6.41. The molecular weight excluding hydrogens is 264 g/mol. The van der Waals surface area contributed by atoms with Gasteiger partial charge >= 0.3 is 12.0 Å². The number of amides is 2. The van der Waals surface area contributed by atoms with Gasteiger partial charge in [-0.1, -0.05) is 0 Å². The van der Waals surface area contributed by atoms with Crippen LogP contribution in [0, 0.1) is 5.92 Å². The number of carboxylic acids is 1. The highest BCUT2D eigenvalue weighted by atomic mass is 32.1. The Labute approximate surface area is 116 Å². The number of likely N-dealkylation sites (tertiary alicyclic amines) is 1. The summed E-state index contributed by atoms with van der Waals surface area (Å²) in [6.45, 7) is 1.85. The normalized spacial score (nSPS) is 16.3. The van der Waals surface area contributed by atoms with Gasteiger partial charge in [0, 0.05) is 26.1 Å². The standard InChI is InChI=1S/C13H18N2O3S/c16-12(17)7-10-1-4-15(5-2-10)13(18)14-8-11-3-6-19-9-11/h3,6,9-10H,1-2,4-5,7-8H2,(H,14,18)(H,16,17). The van der Waals surface area contributed by atoms with E-state index in [1.165, 1.54) is 0 Å². The molecular formula is C13H18N2O3S. The zero-order valence-electron chi connectivity index (χ0n) is 10.7. The maximum absolute atomic E-state index is 11.9. The van der Waals surface area contributed by atoms with E-state index in [1.54, 1.807) is 16.2 Å². The number of nitrogens with one attached hydrogen (secondary N) is 1. The van der Waals surface area contributed by atoms with E-state index in [-0.39, 0.29) is 18.4 Å². The van der Waals surface area contributed by atoms with Crippen LogP contribution in [-0.4, -0.2) is 35.1 Å². The van der Waals surface area contributed by atoms with Crippen LogP contribution < -0.4 is 5.32 Å². The van der Waals surface area contributed by atoms with Gasteiger partial charge in [0.05, 0.1) is 0 Å². The maximum atomic E-state index is 11.9. The van der Waals surface area contributed by atoms with Crippen molar-refractivity contribution in [2.24, 2.45) is 5.92 Å². The second-order valence-electron chi connectivity index (χ2n) is 4.82. The smallest absolute Gasteiger partial charge is 0.317 e. The maximum Gasteiger partial charge on any atom is 0.317 e. The molecule has 1 saturated heterocycles. The molecule has 19 heavy (non-hydrogen) atoms. The topological polar surface area (TPSA) is 69.6 Å². The van der Waals surface area contributed by atoms with E-state index >= 15 is 0 Å². The number of aliphatic carboxylic acids is 1. The first kappa shape index (κ1) is 13.9. The summed E-state index contributed by atoms with van der Waals surface area (Å²) in [5, 5.41) is 15.6. The van der Waals surface area contributed by atoms with Crippen molar-refractivity contribution in [2.45, 2.75) is 25.8 Å². The average Bonchev–Trinajstić information content (AvgIpc) is 2.89. The van der Waals surface area contributed by atoms with Crippen LogP contribution in [0.1, 0.15) is 24.8 Å². The lowest BCUT2D eigenvalue weighted by Gasteiger charge is -2.31. The van der Waals surface area contributed by atoms with Gasteiger partial charge in [-0.05, 0) is 41.1 Å². The number of carboxylic acid groups (broad SMARTS) is 1. The van der Waals surface area contributed by atoms with Crippen LogP contribution >= 0.6 is 11.3 Å². The molecule has 0 atom stereocenters. The summed E-state index contributed by atoms with van der Waals surface area (Å²) in [5.74, 6) is -0.543. The van der Waals surface area contributed by atoms with Crippen molar-refractivity contribution < 1.29 is 14.7 Å². The molecule has 0 saturated carbocycles. The predicted molar refractivity (Wildman–Crippen MR) is 73.1 cm³/mol. The summed E-state index contributed by atoms with van der Waals surface area (Å²) in [7, 11) is 0. The number of piperidine rings is 1. The molecule has 0 spiro atoms. The van der Waals surface area contributed by atoms with E-state index in [4.69, 9.17) is 5.11 Å². The van der Waals surface area contributed by atoms with Crippen LogP contribution in [-0.2, 0) is 11.3 Å². The van der Waals surface area contributed by atoms with Crippen LogP contribution in [0.25, 0.3) is 0 Å². The molecule has 1 aliphatic heterocycles. The Balaban J connectivity index is 1.71. The molecule has 1 fully saturated rings. The molecule has 1 aromatic heterocycles. The minimum Gasteiger partial charge on any atom is -0.481 e. The summed E-state index contributed by atoms with van der Waals surface area (Å²) >= 11 is 1.61. The largest absolute Gasteiger partial charge is 0.481 e. The molecule has 6 heteroatoms. The van der Waals surface area contributed by atoms with Gasteiger partial charge in [0.25, 0.3) is 0 Å². The number of carbonyl (C=O) groups excluding carboxylic acids is 1. The van der Waals surface area contributed by atoms with Gasteiger partial charge in [0.2, 0.25) is 0 Å². The highest BCUT2D eigenvalue weighted by Gasteiger charge is 2.23. The van der Waals surface area contributed by atoms with Crippen molar-refractivity contribution in [3.63, 3.8) is 0 Å². The van der Waals surface area contributed by atoms with Crippen LogP contribution in [0.2, 0.25) is 0 Å². The quantitative estimate of drug-likeness (QED) is 0.889. The molecule has 5 nitrogen and oxygen atoms in total. The molecule has 1 aromatic rings. The molecule has 0 aliphatic carbocycles. The lowest BCUT2D eigenvalue weighted by Crippen LogP contribution is -2.44. The molecule has 2 heterocycles. The Hall–Kier alpha value is -1.56. The molecule has 0 bridgehead atoms. The summed E-state index contributed by atoms with van der Waals surface area (Å²) in [6.07, 6.45) is 1.76. The van der Waals surface area contributed by atoms with E-state index in [2.05, 4.69) is 5.32 Å². The Morgan fingerprint density at radius 1 is 1.42 bits per heavy atom. The molecule has 0 aromatic carbocycles. The summed E-state index contributed by atoms with van der Waals surface area (Å²) in [4.78, 5) is 24.3. The van der Waals surface area contributed by atoms with Crippen molar-refractivity contribution in [2.75, 3.05) is 13.1 Å². The van der Waals surface area contributed by atoms with Crippen molar-refractivity contribution in [1.82, 2.24) is 10.2 Å². The Morgan fingerprint density at radius 2 is 2.16 bits per heavy atom. The van der Waals surface area contributed by atoms with Gasteiger partial charge in [0.1, 0.15) is 0 Å². The average molecular weight is 282 g/mol. The number of carbonyl (C=O) groups is 2. The molecule has 104 valence electrons. The minimum absolute atomic E-state index is 0.0556. The Bertz CT molecular complexity index is 425. The number of hydrogen-bond acceptors (Lipinski definition) is 3. The van der Waals surface area contributed by atoms with E-state index in [0.29, 0.717) is 19.6 Å². The van der Waals surface area contributed by atoms with Crippen LogP contribution in [0.4, 0.5) is 4.79 Å².